The molecule has 0 aliphatic heterocycles. The van der Waals surface area contributed by atoms with Gasteiger partial charge in [0.05, 0.1) is 12.2 Å². The van der Waals surface area contributed by atoms with E-state index in [0.29, 0.717) is 39.3 Å². The highest BCUT2D eigenvalue weighted by atomic mass is 35.5. The van der Waals surface area contributed by atoms with Gasteiger partial charge >= 0.3 is 6.18 Å². The van der Waals surface area contributed by atoms with Crippen molar-refractivity contribution in [3.8, 4) is 17.6 Å². The molecule has 0 spiro atoms. The largest absolute Gasteiger partial charge is 0.490 e. The molecule has 0 aliphatic carbocycles. The molecule has 0 atom stereocenters. The molecule has 0 aromatic heterocycles. The number of nitrogens with one attached hydrogen (secondary N) is 1. The molecule has 1 amide bonds. The summed E-state index contributed by atoms with van der Waals surface area (Å²) in [7, 11) is 0. The summed E-state index contributed by atoms with van der Waals surface area (Å²) in [4.78, 5) is 12.5. The number of benzene rings is 3. The first-order chi connectivity index (χ1) is 17.1. The highest BCUT2D eigenvalue weighted by Crippen LogP contribution is 2.32. The van der Waals surface area contributed by atoms with Gasteiger partial charge in [0.1, 0.15) is 18.2 Å². The highest BCUT2D eigenvalue weighted by Gasteiger charge is 2.30. The number of carbonyl (C=O) groups is 1. The molecule has 3 rings (SSSR count). The molecular formula is C26H19Cl2F3N2O3. The minimum absolute atomic E-state index is 0.0874. The van der Waals surface area contributed by atoms with Gasteiger partial charge in [0, 0.05) is 21.3 Å². The molecule has 0 heterocycles. The Bertz CT molecular complexity index is 1330. The van der Waals surface area contributed by atoms with E-state index in [0.717, 1.165) is 12.1 Å². The molecule has 0 saturated heterocycles. The fourth-order valence-corrected chi connectivity index (χ4v) is 3.55. The third-order valence-corrected chi connectivity index (χ3v) is 5.38. The van der Waals surface area contributed by atoms with Crippen LogP contribution < -0.4 is 14.8 Å². The van der Waals surface area contributed by atoms with E-state index < -0.39 is 17.6 Å². The van der Waals surface area contributed by atoms with E-state index >= 15 is 0 Å². The van der Waals surface area contributed by atoms with Crippen LogP contribution in [0.3, 0.4) is 0 Å². The molecule has 10 heteroatoms. The van der Waals surface area contributed by atoms with E-state index in [9.17, 15) is 23.2 Å². The van der Waals surface area contributed by atoms with E-state index in [4.69, 9.17) is 32.7 Å². The lowest BCUT2D eigenvalue weighted by atomic mass is 10.1. The number of rotatable bonds is 8. The number of anilines is 1. The van der Waals surface area contributed by atoms with Crippen LogP contribution in [0.25, 0.3) is 6.08 Å². The number of hydrogen-bond acceptors (Lipinski definition) is 4. The molecule has 5 nitrogen and oxygen atoms in total. The zero-order chi connectivity index (χ0) is 26.3. The maximum atomic E-state index is 12.9. The SMILES string of the molecule is CCOc1cc(/C=C(\C#N)C(=O)Nc2cccc(C(F)(F)F)c2)ccc1OCc1ccc(Cl)cc1Cl. The predicted octanol–water partition coefficient (Wildman–Crippen LogP) is 7.54. The van der Waals surface area contributed by atoms with E-state index in [-0.39, 0.29) is 17.9 Å². The topological polar surface area (TPSA) is 71.3 Å². The van der Waals surface area contributed by atoms with Crippen LogP contribution >= 0.6 is 23.2 Å². The average molecular weight is 535 g/mol. The molecule has 0 fully saturated rings. The van der Waals surface area contributed by atoms with Gasteiger partial charge in [0.15, 0.2) is 11.5 Å². The monoisotopic (exact) mass is 534 g/mol. The Kier molecular flexibility index (Phi) is 8.86. The summed E-state index contributed by atoms with van der Waals surface area (Å²) >= 11 is 12.1. The van der Waals surface area contributed by atoms with Gasteiger partial charge in [-0.3, -0.25) is 4.79 Å². The van der Waals surface area contributed by atoms with Gasteiger partial charge < -0.3 is 14.8 Å². The molecule has 3 aromatic carbocycles. The lowest BCUT2D eigenvalue weighted by Gasteiger charge is -2.13. The quantitative estimate of drug-likeness (QED) is 0.239. The molecule has 0 aliphatic rings. The molecule has 36 heavy (non-hydrogen) atoms. The average Bonchev–Trinajstić information content (AvgIpc) is 2.82. The third-order valence-electron chi connectivity index (χ3n) is 4.79. The Balaban J connectivity index is 1.79. The molecule has 0 saturated carbocycles. The van der Waals surface area contributed by atoms with E-state index in [2.05, 4.69) is 5.32 Å². The number of carbonyl (C=O) groups excluding carboxylic acids is 1. The summed E-state index contributed by atoms with van der Waals surface area (Å²) < 4.78 is 50.3. The van der Waals surface area contributed by atoms with Crippen molar-refractivity contribution in [2.45, 2.75) is 19.7 Å². The Morgan fingerprint density at radius 3 is 2.50 bits per heavy atom. The van der Waals surface area contributed by atoms with E-state index in [1.807, 2.05) is 0 Å². The van der Waals surface area contributed by atoms with Crippen LogP contribution in [0.15, 0.2) is 66.2 Å². The Morgan fingerprint density at radius 1 is 1.06 bits per heavy atom. The molecular weight excluding hydrogens is 516 g/mol. The number of ether oxygens (including phenoxy) is 2. The number of amides is 1. The fourth-order valence-electron chi connectivity index (χ4n) is 3.08. The lowest BCUT2D eigenvalue weighted by molar-refractivity contribution is -0.137. The Hall–Kier alpha value is -3.67. The van der Waals surface area contributed by atoms with Crippen LogP contribution in [-0.2, 0) is 17.6 Å². The molecule has 186 valence electrons. The summed E-state index contributed by atoms with van der Waals surface area (Å²) in [6, 6.07) is 15.7. The van der Waals surface area contributed by atoms with Crippen LogP contribution in [0.1, 0.15) is 23.6 Å². The van der Waals surface area contributed by atoms with Gasteiger partial charge in [0.2, 0.25) is 0 Å². The Labute approximate surface area is 215 Å². The predicted molar refractivity (Wildman–Crippen MR) is 132 cm³/mol. The summed E-state index contributed by atoms with van der Waals surface area (Å²) in [6.45, 7) is 2.26. The van der Waals surface area contributed by atoms with Gasteiger partial charge in [-0.2, -0.15) is 18.4 Å². The molecule has 1 N–H and O–H groups in total. The fraction of sp³-hybridized carbons (Fsp3) is 0.154. The zero-order valence-corrected chi connectivity index (χ0v) is 20.3. The zero-order valence-electron chi connectivity index (χ0n) is 18.8. The molecule has 0 bridgehead atoms. The first-order valence-corrected chi connectivity index (χ1v) is 11.3. The van der Waals surface area contributed by atoms with Crippen molar-refractivity contribution in [2.24, 2.45) is 0 Å². The minimum Gasteiger partial charge on any atom is -0.490 e. The maximum Gasteiger partial charge on any atom is 0.416 e. The highest BCUT2D eigenvalue weighted by molar-refractivity contribution is 6.35. The van der Waals surface area contributed by atoms with Crippen molar-refractivity contribution in [3.05, 3.63) is 93.0 Å². The van der Waals surface area contributed by atoms with Gasteiger partial charge in [0.25, 0.3) is 5.91 Å². The molecule has 0 radical (unpaired) electrons. The van der Waals surface area contributed by atoms with Crippen LogP contribution in [0.4, 0.5) is 18.9 Å². The van der Waals surface area contributed by atoms with Crippen LogP contribution in [-0.4, -0.2) is 12.5 Å². The summed E-state index contributed by atoms with van der Waals surface area (Å²) in [6.07, 6.45) is -3.27. The van der Waals surface area contributed by atoms with Gasteiger partial charge in [-0.05, 0) is 61.0 Å². The van der Waals surface area contributed by atoms with Crippen molar-refractivity contribution in [2.75, 3.05) is 11.9 Å². The van der Waals surface area contributed by atoms with Crippen molar-refractivity contribution < 1.29 is 27.4 Å². The smallest absolute Gasteiger partial charge is 0.416 e. The van der Waals surface area contributed by atoms with Crippen molar-refractivity contribution in [3.63, 3.8) is 0 Å². The van der Waals surface area contributed by atoms with E-state index in [1.165, 1.54) is 18.2 Å². The second-order valence-corrected chi connectivity index (χ2v) is 8.21. The number of nitrogens with zero attached hydrogens (tertiary/aromatic N) is 1. The normalized spacial score (nSPS) is 11.5. The standard InChI is InChI=1S/C26H19Cl2F3N2O3/c1-2-35-24-11-16(6-9-23(24)36-15-17-7-8-20(27)13-22(17)28)10-18(14-32)25(34)33-21-5-3-4-19(12-21)26(29,30)31/h3-13H,2,15H2,1H3,(H,33,34)/b18-10+. The number of hydrogen-bond donors (Lipinski definition) is 1. The van der Waals surface area contributed by atoms with E-state index in [1.54, 1.807) is 49.4 Å². The van der Waals surface area contributed by atoms with Gasteiger partial charge in [-0.1, -0.05) is 41.4 Å². The summed E-state index contributed by atoms with van der Waals surface area (Å²) in [5.74, 6) is -0.0775. The third kappa shape index (κ3) is 7.17. The maximum absolute atomic E-state index is 12.9. The summed E-state index contributed by atoms with van der Waals surface area (Å²) in [5, 5.41) is 12.7. The van der Waals surface area contributed by atoms with Crippen LogP contribution in [0.2, 0.25) is 10.0 Å². The molecule has 0 unspecified atom stereocenters. The first-order valence-electron chi connectivity index (χ1n) is 10.5. The number of nitriles is 1. The lowest BCUT2D eigenvalue weighted by Crippen LogP contribution is -2.14. The first kappa shape index (κ1) is 26.9. The minimum atomic E-state index is -4.56. The second-order valence-electron chi connectivity index (χ2n) is 7.37. The van der Waals surface area contributed by atoms with Crippen molar-refractivity contribution in [1.29, 1.82) is 5.26 Å². The number of halogens is 5. The van der Waals surface area contributed by atoms with Gasteiger partial charge in [-0.25, -0.2) is 0 Å². The van der Waals surface area contributed by atoms with Crippen molar-refractivity contribution in [1.82, 2.24) is 0 Å². The van der Waals surface area contributed by atoms with Crippen molar-refractivity contribution >= 4 is 40.9 Å². The second kappa shape index (κ2) is 11.8. The van der Waals surface area contributed by atoms with Crippen LogP contribution in [0.5, 0.6) is 11.5 Å². The summed E-state index contributed by atoms with van der Waals surface area (Å²) in [5.41, 5.74) is -0.150. The molecule has 3 aromatic rings. The van der Waals surface area contributed by atoms with Crippen LogP contribution in [0, 0.1) is 11.3 Å². The Morgan fingerprint density at radius 2 is 1.83 bits per heavy atom. The number of alkyl halides is 3. The van der Waals surface area contributed by atoms with Gasteiger partial charge in [-0.15, -0.1) is 0 Å².